The minimum absolute atomic E-state index is 0.0244. The summed E-state index contributed by atoms with van der Waals surface area (Å²) in [6.45, 7) is 3.42. The Morgan fingerprint density at radius 2 is 2.06 bits per heavy atom. The molecule has 3 heteroatoms. The van der Waals surface area contributed by atoms with E-state index in [1.54, 1.807) is 6.07 Å². The number of hydrogen-bond acceptors (Lipinski definition) is 2. The van der Waals surface area contributed by atoms with Gasteiger partial charge in [-0.05, 0) is 32.4 Å². The number of hydrogen-bond donors (Lipinski definition) is 1. The number of halogens is 1. The van der Waals surface area contributed by atoms with Gasteiger partial charge in [-0.15, -0.1) is 0 Å². The van der Waals surface area contributed by atoms with E-state index in [4.69, 9.17) is 5.73 Å². The van der Waals surface area contributed by atoms with Gasteiger partial charge in [-0.3, -0.25) is 4.90 Å². The summed E-state index contributed by atoms with van der Waals surface area (Å²) in [5, 5.41) is 0. The number of nitrogens with zero attached hydrogens (tertiary/aromatic N) is 1. The summed E-state index contributed by atoms with van der Waals surface area (Å²) in [4.78, 5) is 2.20. The second kappa shape index (κ2) is 5.37. The van der Waals surface area contributed by atoms with Crippen LogP contribution < -0.4 is 5.73 Å². The van der Waals surface area contributed by atoms with Crippen molar-refractivity contribution in [3.8, 4) is 0 Å². The smallest absolute Gasteiger partial charge is 0.127 e. The van der Waals surface area contributed by atoms with Gasteiger partial charge in [0.25, 0.3) is 0 Å². The van der Waals surface area contributed by atoms with Gasteiger partial charge in [-0.2, -0.15) is 0 Å². The third kappa shape index (κ3) is 3.09. The molecule has 0 bridgehead atoms. The Bertz CT molecular complexity index is 403. The van der Waals surface area contributed by atoms with Crippen molar-refractivity contribution >= 4 is 0 Å². The molecule has 0 aromatic heterocycles. The van der Waals surface area contributed by atoms with E-state index < -0.39 is 0 Å². The van der Waals surface area contributed by atoms with E-state index in [1.807, 2.05) is 19.2 Å². The predicted octanol–water partition coefficient (Wildman–Crippen LogP) is 2.78. The van der Waals surface area contributed by atoms with E-state index in [-0.39, 0.29) is 11.4 Å². The second-order valence-corrected chi connectivity index (χ2v) is 5.80. The first-order valence-electron chi connectivity index (χ1n) is 6.70. The largest absolute Gasteiger partial charge is 0.329 e. The van der Waals surface area contributed by atoms with Gasteiger partial charge in [0.15, 0.2) is 0 Å². The Kier molecular flexibility index (Phi) is 4.03. The Balaban J connectivity index is 2.04. The third-order valence-corrected chi connectivity index (χ3v) is 4.15. The molecule has 1 saturated carbocycles. The lowest BCUT2D eigenvalue weighted by Gasteiger charge is -2.38. The number of benzene rings is 1. The maximum atomic E-state index is 13.7. The summed E-state index contributed by atoms with van der Waals surface area (Å²) in [5.74, 6) is 0.691. The standard InChI is InChI=1S/C15H23FN2/c1-15(11-17,9-12-7-8-12)18(2)10-13-5-3-4-6-14(13)16/h3-6,12H,7-11,17H2,1-2H3. The van der Waals surface area contributed by atoms with E-state index in [2.05, 4.69) is 11.8 Å². The monoisotopic (exact) mass is 250 g/mol. The van der Waals surface area contributed by atoms with Crippen LogP contribution in [0.5, 0.6) is 0 Å². The topological polar surface area (TPSA) is 29.3 Å². The summed E-state index contributed by atoms with van der Waals surface area (Å²) in [5.41, 5.74) is 6.66. The lowest BCUT2D eigenvalue weighted by Crippen LogP contribution is -2.49. The molecule has 1 aliphatic carbocycles. The number of likely N-dealkylation sites (N-methyl/N-ethyl adjacent to an activating group) is 1. The average Bonchev–Trinajstić information content (AvgIpc) is 3.15. The second-order valence-electron chi connectivity index (χ2n) is 5.80. The molecule has 1 aromatic rings. The fourth-order valence-corrected chi connectivity index (χ4v) is 2.41. The van der Waals surface area contributed by atoms with Crippen LogP contribution in [0.15, 0.2) is 24.3 Å². The molecular weight excluding hydrogens is 227 g/mol. The van der Waals surface area contributed by atoms with Gasteiger partial charge in [0.05, 0.1) is 0 Å². The molecule has 2 nitrogen and oxygen atoms in total. The molecule has 0 amide bonds. The molecule has 1 aliphatic rings. The summed E-state index contributed by atoms with van der Waals surface area (Å²) in [7, 11) is 2.04. The third-order valence-electron chi connectivity index (χ3n) is 4.15. The molecule has 0 radical (unpaired) electrons. The van der Waals surface area contributed by atoms with Crippen molar-refractivity contribution < 1.29 is 4.39 Å². The molecule has 0 spiro atoms. The molecule has 1 aromatic carbocycles. The van der Waals surface area contributed by atoms with Gasteiger partial charge in [0.1, 0.15) is 5.82 Å². The summed E-state index contributed by atoms with van der Waals surface area (Å²) in [6.07, 6.45) is 3.76. The van der Waals surface area contributed by atoms with Crippen LogP contribution in [-0.4, -0.2) is 24.0 Å². The quantitative estimate of drug-likeness (QED) is 0.841. The highest BCUT2D eigenvalue weighted by atomic mass is 19.1. The molecule has 1 unspecified atom stereocenters. The number of rotatable bonds is 6. The average molecular weight is 250 g/mol. The van der Waals surface area contributed by atoms with E-state index in [9.17, 15) is 4.39 Å². The maximum Gasteiger partial charge on any atom is 0.127 e. The van der Waals surface area contributed by atoms with Crippen LogP contribution in [0.2, 0.25) is 0 Å². The Morgan fingerprint density at radius 3 is 2.61 bits per heavy atom. The van der Waals surface area contributed by atoms with Crippen LogP contribution in [0.1, 0.15) is 31.7 Å². The van der Waals surface area contributed by atoms with Crippen LogP contribution in [-0.2, 0) is 6.54 Å². The fraction of sp³-hybridized carbons (Fsp3) is 0.600. The molecule has 1 atom stereocenters. The molecule has 18 heavy (non-hydrogen) atoms. The summed E-state index contributed by atoms with van der Waals surface area (Å²) < 4.78 is 13.7. The first-order valence-corrected chi connectivity index (χ1v) is 6.70. The Labute approximate surface area is 109 Å². The fourth-order valence-electron chi connectivity index (χ4n) is 2.41. The first kappa shape index (κ1) is 13.5. The summed E-state index contributed by atoms with van der Waals surface area (Å²) in [6, 6.07) is 6.97. The van der Waals surface area contributed by atoms with Gasteiger partial charge in [0.2, 0.25) is 0 Å². The molecule has 100 valence electrons. The zero-order valence-corrected chi connectivity index (χ0v) is 11.3. The SMILES string of the molecule is CN(Cc1ccccc1F)C(C)(CN)CC1CC1. The highest BCUT2D eigenvalue weighted by Crippen LogP contribution is 2.38. The molecule has 0 aliphatic heterocycles. The normalized spacial score (nSPS) is 18.9. The zero-order chi connectivity index (χ0) is 13.2. The minimum atomic E-state index is -0.129. The maximum absolute atomic E-state index is 13.7. The van der Waals surface area contributed by atoms with Crippen molar-refractivity contribution in [2.75, 3.05) is 13.6 Å². The van der Waals surface area contributed by atoms with Crippen LogP contribution in [0.25, 0.3) is 0 Å². The molecule has 0 saturated heterocycles. The Hall–Kier alpha value is -0.930. The van der Waals surface area contributed by atoms with E-state index in [1.165, 1.54) is 18.9 Å². The van der Waals surface area contributed by atoms with Crippen LogP contribution in [0, 0.1) is 11.7 Å². The van der Waals surface area contributed by atoms with E-state index >= 15 is 0 Å². The first-order chi connectivity index (χ1) is 8.55. The van der Waals surface area contributed by atoms with Crippen molar-refractivity contribution in [1.29, 1.82) is 0 Å². The van der Waals surface area contributed by atoms with Gasteiger partial charge in [0, 0.05) is 24.2 Å². The molecule has 2 rings (SSSR count). The molecule has 0 heterocycles. The highest BCUT2D eigenvalue weighted by molar-refractivity contribution is 5.17. The molecule has 1 fully saturated rings. The van der Waals surface area contributed by atoms with Crippen molar-refractivity contribution in [3.05, 3.63) is 35.6 Å². The van der Waals surface area contributed by atoms with Crippen molar-refractivity contribution in [3.63, 3.8) is 0 Å². The van der Waals surface area contributed by atoms with E-state index in [0.29, 0.717) is 13.1 Å². The van der Waals surface area contributed by atoms with Crippen molar-refractivity contribution in [1.82, 2.24) is 4.90 Å². The number of nitrogens with two attached hydrogens (primary N) is 1. The lowest BCUT2D eigenvalue weighted by atomic mass is 9.92. The van der Waals surface area contributed by atoms with E-state index in [0.717, 1.165) is 17.9 Å². The van der Waals surface area contributed by atoms with Crippen LogP contribution in [0.4, 0.5) is 4.39 Å². The lowest BCUT2D eigenvalue weighted by molar-refractivity contribution is 0.118. The molecular formula is C15H23FN2. The highest BCUT2D eigenvalue weighted by Gasteiger charge is 2.35. The van der Waals surface area contributed by atoms with Gasteiger partial charge >= 0.3 is 0 Å². The van der Waals surface area contributed by atoms with Crippen LogP contribution >= 0.6 is 0 Å². The van der Waals surface area contributed by atoms with Gasteiger partial charge in [-0.25, -0.2) is 4.39 Å². The predicted molar refractivity (Wildman–Crippen MR) is 72.7 cm³/mol. The summed E-state index contributed by atoms with van der Waals surface area (Å²) >= 11 is 0. The van der Waals surface area contributed by atoms with Gasteiger partial charge < -0.3 is 5.73 Å². The van der Waals surface area contributed by atoms with Gasteiger partial charge in [-0.1, -0.05) is 31.0 Å². The minimum Gasteiger partial charge on any atom is -0.329 e. The molecule has 2 N–H and O–H groups in total. The van der Waals surface area contributed by atoms with Crippen LogP contribution in [0.3, 0.4) is 0 Å². The zero-order valence-electron chi connectivity index (χ0n) is 11.3. The van der Waals surface area contributed by atoms with Crippen molar-refractivity contribution in [2.45, 2.75) is 38.3 Å². The Morgan fingerprint density at radius 1 is 1.39 bits per heavy atom. The van der Waals surface area contributed by atoms with Crippen molar-refractivity contribution in [2.24, 2.45) is 11.7 Å².